The molecule has 9 nitrogen and oxygen atoms in total. The number of pyridine rings is 1. The predicted molar refractivity (Wildman–Crippen MR) is 81.9 cm³/mol. The third kappa shape index (κ3) is 3.81. The fourth-order valence-corrected chi connectivity index (χ4v) is 2.58. The smallest absolute Gasteiger partial charge is 0.287 e. The molecule has 0 saturated carbocycles. The van der Waals surface area contributed by atoms with E-state index in [-0.39, 0.29) is 11.7 Å². The van der Waals surface area contributed by atoms with Gasteiger partial charge in [0, 0.05) is 31.6 Å². The number of hydrogen-bond acceptors (Lipinski definition) is 8. The lowest BCUT2D eigenvalue weighted by molar-refractivity contribution is -0.385. The summed E-state index contributed by atoms with van der Waals surface area (Å²) in [5, 5.41) is 17.9. The Hall–Kier alpha value is -2.55. The maximum absolute atomic E-state index is 10.6. The molecular weight excluding hydrogens is 300 g/mol. The summed E-state index contributed by atoms with van der Waals surface area (Å²) >= 11 is 0. The molecule has 0 spiro atoms. The monoisotopic (exact) mass is 318 g/mol. The summed E-state index contributed by atoms with van der Waals surface area (Å²) < 4.78 is 5.11. The van der Waals surface area contributed by atoms with Gasteiger partial charge in [-0.05, 0) is 12.5 Å². The van der Waals surface area contributed by atoms with Crippen molar-refractivity contribution in [3.63, 3.8) is 0 Å². The Morgan fingerprint density at radius 1 is 1.52 bits per heavy atom. The van der Waals surface area contributed by atoms with Crippen molar-refractivity contribution in [2.45, 2.75) is 32.4 Å². The van der Waals surface area contributed by atoms with Crippen LogP contribution in [0.5, 0.6) is 0 Å². The van der Waals surface area contributed by atoms with Crippen LogP contribution >= 0.6 is 0 Å². The zero-order valence-corrected chi connectivity index (χ0v) is 12.8. The van der Waals surface area contributed by atoms with Gasteiger partial charge in [-0.3, -0.25) is 15.0 Å². The number of aryl methyl sites for hydroxylation is 1. The highest BCUT2D eigenvalue weighted by Crippen LogP contribution is 2.18. The highest BCUT2D eigenvalue weighted by Gasteiger charge is 2.24. The van der Waals surface area contributed by atoms with E-state index in [2.05, 4.69) is 25.3 Å². The summed E-state index contributed by atoms with van der Waals surface area (Å²) in [5.74, 6) is 2.01. The quantitative estimate of drug-likeness (QED) is 0.632. The second-order valence-corrected chi connectivity index (χ2v) is 5.48. The summed E-state index contributed by atoms with van der Waals surface area (Å²) in [5.41, 5.74) is -0.00701. The minimum atomic E-state index is -0.455. The average molecular weight is 318 g/mol. The van der Waals surface area contributed by atoms with Crippen molar-refractivity contribution in [1.29, 1.82) is 0 Å². The van der Waals surface area contributed by atoms with Gasteiger partial charge in [-0.25, -0.2) is 4.98 Å². The van der Waals surface area contributed by atoms with Gasteiger partial charge in [0.15, 0.2) is 5.82 Å². The minimum Gasteiger partial charge on any atom is -0.366 e. The summed E-state index contributed by atoms with van der Waals surface area (Å²) in [6.45, 7) is 4.41. The van der Waals surface area contributed by atoms with Gasteiger partial charge < -0.3 is 9.84 Å². The third-order valence-electron chi connectivity index (χ3n) is 3.76. The SMILES string of the molecule is CCc1nc(CN2CCC(Nc3ccc([N+](=O)[O-])cn3)C2)no1. The van der Waals surface area contributed by atoms with Gasteiger partial charge in [0.1, 0.15) is 12.0 Å². The van der Waals surface area contributed by atoms with E-state index in [1.807, 2.05) is 6.92 Å². The van der Waals surface area contributed by atoms with Crippen molar-refractivity contribution in [3.05, 3.63) is 40.2 Å². The summed E-state index contributed by atoms with van der Waals surface area (Å²) in [6, 6.07) is 3.34. The fourth-order valence-electron chi connectivity index (χ4n) is 2.58. The first-order chi connectivity index (χ1) is 11.1. The Kier molecular flexibility index (Phi) is 4.47. The van der Waals surface area contributed by atoms with Crippen LogP contribution in [0.15, 0.2) is 22.9 Å². The van der Waals surface area contributed by atoms with Crippen molar-refractivity contribution in [3.8, 4) is 0 Å². The molecule has 1 saturated heterocycles. The number of nitrogens with zero attached hydrogens (tertiary/aromatic N) is 5. The first kappa shape index (κ1) is 15.3. The first-order valence-corrected chi connectivity index (χ1v) is 7.55. The Morgan fingerprint density at radius 3 is 3.04 bits per heavy atom. The largest absolute Gasteiger partial charge is 0.366 e. The minimum absolute atomic E-state index is 0.00701. The number of nitrogens with one attached hydrogen (secondary N) is 1. The van der Waals surface area contributed by atoms with Crippen LogP contribution in [0, 0.1) is 10.1 Å². The topological polar surface area (TPSA) is 110 Å². The van der Waals surface area contributed by atoms with Crippen molar-refractivity contribution in [2.75, 3.05) is 18.4 Å². The number of anilines is 1. The molecule has 9 heteroatoms. The zero-order chi connectivity index (χ0) is 16.2. The van der Waals surface area contributed by atoms with Crippen LogP contribution in [0.4, 0.5) is 11.5 Å². The molecule has 23 heavy (non-hydrogen) atoms. The molecule has 3 rings (SSSR count). The van der Waals surface area contributed by atoms with Crippen LogP contribution in [0.3, 0.4) is 0 Å². The molecule has 1 fully saturated rings. The number of hydrogen-bond donors (Lipinski definition) is 1. The molecular formula is C14H18N6O3. The van der Waals surface area contributed by atoms with Gasteiger partial charge in [-0.1, -0.05) is 12.1 Å². The maximum atomic E-state index is 10.6. The molecule has 122 valence electrons. The second-order valence-electron chi connectivity index (χ2n) is 5.48. The molecule has 1 aliphatic rings. The molecule has 2 aromatic rings. The van der Waals surface area contributed by atoms with E-state index in [1.54, 1.807) is 6.07 Å². The lowest BCUT2D eigenvalue weighted by Crippen LogP contribution is -2.26. The Balaban J connectivity index is 1.52. The summed E-state index contributed by atoms with van der Waals surface area (Å²) in [4.78, 5) is 20.8. The molecule has 0 bridgehead atoms. The van der Waals surface area contributed by atoms with E-state index in [0.717, 1.165) is 25.9 Å². The van der Waals surface area contributed by atoms with E-state index in [1.165, 1.54) is 12.3 Å². The normalized spacial score (nSPS) is 18.2. The molecule has 0 aliphatic carbocycles. The van der Waals surface area contributed by atoms with Crippen LogP contribution in [0.25, 0.3) is 0 Å². The Labute approximate surface area is 132 Å². The second kappa shape index (κ2) is 6.69. The molecule has 1 N–H and O–H groups in total. The molecule has 0 radical (unpaired) electrons. The maximum Gasteiger partial charge on any atom is 0.287 e. The van der Waals surface area contributed by atoms with Gasteiger partial charge >= 0.3 is 0 Å². The highest BCUT2D eigenvalue weighted by molar-refractivity contribution is 5.41. The van der Waals surface area contributed by atoms with Crippen molar-refractivity contribution in [2.24, 2.45) is 0 Å². The van der Waals surface area contributed by atoms with Gasteiger partial charge in [-0.15, -0.1) is 0 Å². The Morgan fingerprint density at radius 2 is 2.39 bits per heavy atom. The molecule has 0 aromatic carbocycles. The summed E-state index contributed by atoms with van der Waals surface area (Å²) in [6.07, 6.45) is 2.97. The zero-order valence-electron chi connectivity index (χ0n) is 12.8. The number of rotatable bonds is 6. The van der Waals surface area contributed by atoms with Gasteiger partial charge in [0.25, 0.3) is 5.69 Å². The lowest BCUT2D eigenvalue weighted by atomic mass is 10.2. The van der Waals surface area contributed by atoms with Gasteiger partial charge in [0.2, 0.25) is 5.89 Å². The molecule has 1 unspecified atom stereocenters. The number of aromatic nitrogens is 3. The van der Waals surface area contributed by atoms with Crippen molar-refractivity contribution in [1.82, 2.24) is 20.0 Å². The fraction of sp³-hybridized carbons (Fsp3) is 0.500. The van der Waals surface area contributed by atoms with Crippen LogP contribution in [-0.2, 0) is 13.0 Å². The van der Waals surface area contributed by atoms with E-state index in [4.69, 9.17) is 4.52 Å². The lowest BCUT2D eigenvalue weighted by Gasteiger charge is -2.15. The summed E-state index contributed by atoms with van der Waals surface area (Å²) in [7, 11) is 0. The Bertz CT molecular complexity index is 671. The number of likely N-dealkylation sites (tertiary alicyclic amines) is 1. The number of nitro groups is 1. The first-order valence-electron chi connectivity index (χ1n) is 7.55. The van der Waals surface area contributed by atoms with Crippen LogP contribution in [0.2, 0.25) is 0 Å². The standard InChI is InChI=1S/C14H18N6O3/c1-2-14-17-13(18-23-14)9-19-6-5-10(8-19)16-12-4-3-11(7-15-12)20(21)22/h3-4,7,10H,2,5-6,8-9H2,1H3,(H,15,16). The molecule has 1 atom stereocenters. The highest BCUT2D eigenvalue weighted by atomic mass is 16.6. The van der Waals surface area contributed by atoms with Crippen molar-refractivity contribution >= 4 is 11.5 Å². The van der Waals surface area contributed by atoms with E-state index >= 15 is 0 Å². The van der Waals surface area contributed by atoms with E-state index in [9.17, 15) is 10.1 Å². The predicted octanol–water partition coefficient (Wildman–Crippen LogP) is 1.62. The van der Waals surface area contributed by atoms with Crippen molar-refractivity contribution < 1.29 is 9.45 Å². The van der Waals surface area contributed by atoms with Crippen LogP contribution in [0.1, 0.15) is 25.1 Å². The van der Waals surface area contributed by atoms with Gasteiger partial charge in [-0.2, -0.15) is 4.98 Å². The third-order valence-corrected chi connectivity index (χ3v) is 3.76. The van der Waals surface area contributed by atoms with E-state index < -0.39 is 4.92 Å². The van der Waals surface area contributed by atoms with E-state index in [0.29, 0.717) is 24.1 Å². The van der Waals surface area contributed by atoms with Crippen LogP contribution in [-0.4, -0.2) is 44.1 Å². The molecule has 2 aromatic heterocycles. The van der Waals surface area contributed by atoms with Gasteiger partial charge in [0.05, 0.1) is 11.5 Å². The molecule has 0 amide bonds. The molecule has 1 aliphatic heterocycles. The van der Waals surface area contributed by atoms with Crippen LogP contribution < -0.4 is 5.32 Å². The molecule has 3 heterocycles. The average Bonchev–Trinajstić information content (AvgIpc) is 3.17.